The molecule has 3 nitrogen and oxygen atoms in total. The minimum absolute atomic E-state index is 0.0500. The molecule has 18 heavy (non-hydrogen) atoms. The van der Waals surface area contributed by atoms with E-state index in [1.54, 1.807) is 17.8 Å². The third-order valence-electron chi connectivity index (χ3n) is 2.04. The average molecular weight is 307 g/mol. The zero-order valence-corrected chi connectivity index (χ0v) is 13.1. The summed E-state index contributed by atoms with van der Waals surface area (Å²) in [5.41, 5.74) is 1.33. The molecule has 0 spiro atoms. The van der Waals surface area contributed by atoms with Gasteiger partial charge in [-0.3, -0.25) is 4.79 Å². The number of aromatic nitrogens is 1. The third kappa shape index (κ3) is 5.04. The van der Waals surface area contributed by atoms with Crippen LogP contribution in [0, 0.1) is 6.92 Å². The molecule has 0 aliphatic heterocycles. The Hall–Kier alpha value is -0.450. The van der Waals surface area contributed by atoms with E-state index in [9.17, 15) is 4.79 Å². The number of anilines is 1. The molecule has 0 aliphatic rings. The van der Waals surface area contributed by atoms with Crippen molar-refractivity contribution in [2.24, 2.45) is 0 Å². The number of halogens is 2. The Labute approximate surface area is 122 Å². The van der Waals surface area contributed by atoms with Crippen LogP contribution in [0.3, 0.4) is 0 Å². The van der Waals surface area contributed by atoms with Crippen LogP contribution in [0.4, 0.5) is 5.69 Å². The maximum Gasteiger partial charge on any atom is 0.234 e. The number of carbonyl (C=O) groups is 1. The molecule has 0 unspecified atom stereocenters. The van der Waals surface area contributed by atoms with E-state index in [0.717, 1.165) is 5.56 Å². The van der Waals surface area contributed by atoms with E-state index in [1.165, 1.54) is 0 Å². The average Bonchev–Trinajstić information content (AvgIpc) is 2.19. The lowest BCUT2D eigenvalue weighted by atomic mass is 10.2. The van der Waals surface area contributed by atoms with Crippen molar-refractivity contribution in [3.63, 3.8) is 0 Å². The molecule has 6 heteroatoms. The predicted octanol–water partition coefficient (Wildman–Crippen LogP) is 4.17. The fourth-order valence-corrected chi connectivity index (χ4v) is 2.42. The molecule has 100 valence electrons. The number of amides is 1. The van der Waals surface area contributed by atoms with Crippen molar-refractivity contribution < 1.29 is 4.79 Å². The second-order valence-electron chi connectivity index (χ2n) is 4.88. The summed E-state index contributed by atoms with van der Waals surface area (Å²) in [6.45, 7) is 8.01. The number of hydrogen-bond acceptors (Lipinski definition) is 3. The quantitative estimate of drug-likeness (QED) is 0.852. The van der Waals surface area contributed by atoms with Crippen LogP contribution in [0.15, 0.2) is 6.07 Å². The Balaban J connectivity index is 2.71. The third-order valence-corrected chi connectivity index (χ3v) is 3.78. The van der Waals surface area contributed by atoms with E-state index in [0.29, 0.717) is 16.6 Å². The molecule has 1 aromatic heterocycles. The van der Waals surface area contributed by atoms with Crippen LogP contribution in [0.5, 0.6) is 0 Å². The van der Waals surface area contributed by atoms with Crippen LogP contribution in [0.25, 0.3) is 0 Å². The number of carbonyl (C=O) groups excluding carboxylic acids is 1. The number of thioether (sulfide) groups is 1. The largest absolute Gasteiger partial charge is 0.323 e. The summed E-state index contributed by atoms with van der Waals surface area (Å²) in [6.07, 6.45) is 0. The summed E-state index contributed by atoms with van der Waals surface area (Å²) in [6, 6.07) is 1.67. The van der Waals surface area contributed by atoms with Gasteiger partial charge in [-0.1, -0.05) is 44.0 Å². The lowest BCUT2D eigenvalue weighted by molar-refractivity contribution is -0.113. The van der Waals surface area contributed by atoms with Crippen molar-refractivity contribution in [3.8, 4) is 0 Å². The SMILES string of the molecule is Cc1cc(Cl)nc(Cl)c1NC(=O)CSC(C)(C)C. The Kier molecular flexibility index (Phi) is 5.32. The second kappa shape index (κ2) is 6.13. The van der Waals surface area contributed by atoms with Crippen LogP contribution in [0.2, 0.25) is 10.3 Å². The molecule has 0 saturated carbocycles. The van der Waals surface area contributed by atoms with Gasteiger partial charge in [0.05, 0.1) is 11.4 Å². The van der Waals surface area contributed by atoms with Gasteiger partial charge in [0, 0.05) is 4.75 Å². The van der Waals surface area contributed by atoms with Gasteiger partial charge in [-0.25, -0.2) is 4.98 Å². The van der Waals surface area contributed by atoms with Crippen molar-refractivity contribution >= 4 is 46.6 Å². The van der Waals surface area contributed by atoms with Crippen molar-refractivity contribution in [2.75, 3.05) is 11.1 Å². The van der Waals surface area contributed by atoms with Crippen LogP contribution in [-0.4, -0.2) is 21.4 Å². The maximum absolute atomic E-state index is 11.8. The number of rotatable bonds is 3. The van der Waals surface area contributed by atoms with Crippen molar-refractivity contribution in [1.82, 2.24) is 4.98 Å². The summed E-state index contributed by atoms with van der Waals surface area (Å²) >= 11 is 13.3. The highest BCUT2D eigenvalue weighted by Crippen LogP contribution is 2.27. The van der Waals surface area contributed by atoms with Crippen molar-refractivity contribution in [3.05, 3.63) is 21.9 Å². The lowest BCUT2D eigenvalue weighted by Crippen LogP contribution is -2.19. The van der Waals surface area contributed by atoms with Crippen LogP contribution in [0.1, 0.15) is 26.3 Å². The first-order valence-electron chi connectivity index (χ1n) is 5.45. The Morgan fingerprint density at radius 2 is 2.06 bits per heavy atom. The Bertz CT molecular complexity index is 435. The van der Waals surface area contributed by atoms with E-state index in [-0.39, 0.29) is 15.8 Å². The minimum Gasteiger partial charge on any atom is -0.323 e. The van der Waals surface area contributed by atoms with E-state index >= 15 is 0 Å². The predicted molar refractivity (Wildman–Crippen MR) is 79.8 cm³/mol. The normalized spacial score (nSPS) is 11.4. The van der Waals surface area contributed by atoms with Gasteiger partial charge in [0.1, 0.15) is 5.15 Å². The molecule has 1 aromatic rings. The zero-order valence-electron chi connectivity index (χ0n) is 10.8. The van der Waals surface area contributed by atoms with Gasteiger partial charge in [-0.2, -0.15) is 0 Å². The second-order valence-corrected chi connectivity index (χ2v) is 7.42. The lowest BCUT2D eigenvalue weighted by Gasteiger charge is -2.17. The molecule has 1 rings (SSSR count). The fourth-order valence-electron chi connectivity index (χ4n) is 1.20. The summed E-state index contributed by atoms with van der Waals surface area (Å²) in [5.74, 6) is 0.283. The highest BCUT2D eigenvalue weighted by Gasteiger charge is 2.15. The van der Waals surface area contributed by atoms with Crippen molar-refractivity contribution in [2.45, 2.75) is 32.4 Å². The smallest absolute Gasteiger partial charge is 0.234 e. The fraction of sp³-hybridized carbons (Fsp3) is 0.500. The highest BCUT2D eigenvalue weighted by atomic mass is 35.5. The topological polar surface area (TPSA) is 42.0 Å². The molecular weight excluding hydrogens is 291 g/mol. The molecule has 0 fully saturated rings. The van der Waals surface area contributed by atoms with Crippen LogP contribution in [-0.2, 0) is 4.79 Å². The molecule has 1 heterocycles. The number of nitrogens with one attached hydrogen (secondary N) is 1. The molecule has 1 amide bonds. The van der Waals surface area contributed by atoms with Gasteiger partial charge in [-0.15, -0.1) is 11.8 Å². The first-order chi connectivity index (χ1) is 8.19. The Morgan fingerprint density at radius 1 is 1.44 bits per heavy atom. The summed E-state index contributed by atoms with van der Waals surface area (Å²) in [5, 5.41) is 3.30. The molecule has 0 saturated heterocycles. The summed E-state index contributed by atoms with van der Waals surface area (Å²) < 4.78 is 0.0500. The minimum atomic E-state index is -0.0935. The van der Waals surface area contributed by atoms with Crippen LogP contribution < -0.4 is 5.32 Å². The summed E-state index contributed by atoms with van der Waals surface area (Å²) in [7, 11) is 0. The monoisotopic (exact) mass is 306 g/mol. The van der Waals surface area contributed by atoms with E-state index in [4.69, 9.17) is 23.2 Å². The van der Waals surface area contributed by atoms with Gasteiger partial charge in [0.2, 0.25) is 5.91 Å². The van der Waals surface area contributed by atoms with Gasteiger partial charge >= 0.3 is 0 Å². The standard InChI is InChI=1S/C12H16Cl2N2OS/c1-7-5-8(13)15-11(14)10(7)16-9(17)6-18-12(2,3)4/h5H,6H2,1-4H3,(H,16,17). The number of nitrogens with zero attached hydrogens (tertiary/aromatic N) is 1. The maximum atomic E-state index is 11.8. The molecule has 0 aliphatic carbocycles. The number of aryl methyl sites for hydroxylation is 1. The molecule has 0 radical (unpaired) electrons. The zero-order chi connectivity index (χ0) is 13.9. The molecule has 1 N–H and O–H groups in total. The summed E-state index contributed by atoms with van der Waals surface area (Å²) in [4.78, 5) is 15.7. The van der Waals surface area contributed by atoms with E-state index < -0.39 is 0 Å². The first-order valence-corrected chi connectivity index (χ1v) is 7.19. The molecule has 0 bridgehead atoms. The number of hydrogen-bond donors (Lipinski definition) is 1. The first kappa shape index (κ1) is 15.6. The number of pyridine rings is 1. The Morgan fingerprint density at radius 3 is 2.56 bits per heavy atom. The van der Waals surface area contributed by atoms with Crippen LogP contribution >= 0.6 is 35.0 Å². The van der Waals surface area contributed by atoms with E-state index in [1.807, 2.05) is 6.92 Å². The molecule has 0 atom stereocenters. The van der Waals surface area contributed by atoms with Gasteiger partial charge < -0.3 is 5.32 Å². The van der Waals surface area contributed by atoms with Gasteiger partial charge in [0.15, 0.2) is 5.15 Å². The van der Waals surface area contributed by atoms with Gasteiger partial charge in [0.25, 0.3) is 0 Å². The van der Waals surface area contributed by atoms with E-state index in [2.05, 4.69) is 31.1 Å². The highest BCUT2D eigenvalue weighted by molar-refractivity contribution is 8.01. The molecule has 0 aromatic carbocycles. The van der Waals surface area contributed by atoms with Crippen molar-refractivity contribution in [1.29, 1.82) is 0 Å². The molecular formula is C12H16Cl2N2OS. The van der Waals surface area contributed by atoms with Gasteiger partial charge in [-0.05, 0) is 18.6 Å².